The summed E-state index contributed by atoms with van der Waals surface area (Å²) >= 11 is 0. The van der Waals surface area contributed by atoms with E-state index in [2.05, 4.69) is 54.5 Å². The van der Waals surface area contributed by atoms with Crippen molar-refractivity contribution in [1.82, 2.24) is 0 Å². The van der Waals surface area contributed by atoms with Crippen molar-refractivity contribution in [2.24, 2.45) is 50.2 Å². The van der Waals surface area contributed by atoms with E-state index in [-0.39, 0.29) is 47.2 Å². The fourth-order valence-corrected chi connectivity index (χ4v) is 14.7. The second-order valence-electron chi connectivity index (χ2n) is 22.7. The molecule has 63 heavy (non-hydrogen) atoms. The van der Waals surface area contributed by atoms with Crippen LogP contribution >= 0.6 is 0 Å². The molecule has 8 aliphatic rings. The van der Waals surface area contributed by atoms with E-state index in [1.165, 1.54) is 5.57 Å². The van der Waals surface area contributed by atoms with Crippen LogP contribution in [0.1, 0.15) is 106 Å². The minimum absolute atomic E-state index is 0.0361. The predicted octanol–water partition coefficient (Wildman–Crippen LogP) is 0.955. The second kappa shape index (κ2) is 16.7. The van der Waals surface area contributed by atoms with Crippen molar-refractivity contribution in [2.75, 3.05) is 19.8 Å². The van der Waals surface area contributed by atoms with Crippen LogP contribution in [-0.4, -0.2) is 169 Å². The molecule has 7 fully saturated rings. The molecule has 0 amide bonds. The Bertz CT molecular complexity index is 1730. The van der Waals surface area contributed by atoms with Crippen LogP contribution in [0.15, 0.2) is 11.6 Å². The van der Waals surface area contributed by atoms with Crippen molar-refractivity contribution in [1.29, 1.82) is 0 Å². The summed E-state index contributed by atoms with van der Waals surface area (Å²) in [6, 6.07) is 0. The Morgan fingerprint density at radius 2 is 1.38 bits per heavy atom. The predicted molar refractivity (Wildman–Crippen MR) is 220 cm³/mol. The molecule has 3 saturated heterocycles. The maximum atomic E-state index is 13.1. The number of aliphatic hydroxyl groups excluding tert-OH is 9. The Morgan fingerprint density at radius 1 is 0.714 bits per heavy atom. The second-order valence-corrected chi connectivity index (χ2v) is 22.7. The highest BCUT2D eigenvalue weighted by Crippen LogP contribution is 2.76. The summed E-state index contributed by atoms with van der Waals surface area (Å²) in [6.45, 7) is 14.5. The Morgan fingerprint density at radius 3 is 2.06 bits per heavy atom. The van der Waals surface area contributed by atoms with Crippen LogP contribution in [0.25, 0.3) is 0 Å². The van der Waals surface area contributed by atoms with Crippen molar-refractivity contribution in [2.45, 2.75) is 198 Å². The van der Waals surface area contributed by atoms with Gasteiger partial charge in [-0.05, 0) is 103 Å². The number of aliphatic hydroxyl groups is 9. The van der Waals surface area contributed by atoms with Gasteiger partial charge < -0.3 is 79.5 Å². The van der Waals surface area contributed by atoms with Crippen LogP contribution in [0.4, 0.5) is 0 Å². The molecule has 0 bridgehead atoms. The normalized spacial score (nSPS) is 54.1. The Labute approximate surface area is 369 Å². The maximum absolute atomic E-state index is 13.1. The molecule has 4 saturated carbocycles. The van der Waals surface area contributed by atoms with Gasteiger partial charge in [0.25, 0.3) is 0 Å². The van der Waals surface area contributed by atoms with Gasteiger partial charge in [0.05, 0.1) is 32.0 Å². The zero-order chi connectivity index (χ0) is 46.0. The summed E-state index contributed by atoms with van der Waals surface area (Å²) in [7, 11) is 0. The lowest BCUT2D eigenvalue weighted by Gasteiger charge is -2.71. The van der Waals surface area contributed by atoms with Gasteiger partial charge in [0.15, 0.2) is 18.9 Å². The summed E-state index contributed by atoms with van der Waals surface area (Å²) in [6.07, 6.45) is -12.3. The van der Waals surface area contributed by atoms with E-state index in [0.717, 1.165) is 38.5 Å². The van der Waals surface area contributed by atoms with Gasteiger partial charge in [-0.2, -0.15) is 0 Å². The molecule has 0 aromatic heterocycles. The summed E-state index contributed by atoms with van der Waals surface area (Å²) in [4.78, 5) is 13.1. The van der Waals surface area contributed by atoms with Gasteiger partial charge in [-0.1, -0.05) is 60.1 Å². The summed E-state index contributed by atoms with van der Waals surface area (Å²) in [5, 5.41) is 108. The first kappa shape index (κ1) is 48.1. The van der Waals surface area contributed by atoms with Gasteiger partial charge in [0.1, 0.15) is 66.5 Å². The number of rotatable bonds is 8. The highest BCUT2D eigenvalue weighted by atomic mass is 16.7. The zero-order valence-electron chi connectivity index (χ0n) is 37.8. The van der Waals surface area contributed by atoms with E-state index in [1.807, 2.05) is 0 Å². The van der Waals surface area contributed by atoms with Crippen molar-refractivity contribution >= 4 is 5.97 Å². The quantitative estimate of drug-likeness (QED) is 0.120. The van der Waals surface area contributed by atoms with Gasteiger partial charge >= 0.3 is 5.97 Å². The SMILES string of the molecule is CC1(C)CC[C@]2(C(=O)O)[C@H](O)C[C@]3(C)C(=CC[C@H]4[C@@]5(C)CC[C@H](O[C@H]6O[C@@H](CO)[C@@H](O)[C@H](O[C@H]7OC[C@@H](O[C@@H]8OC[C@@H](O)[C@H](O)[C@@H]8O)[C@@H](O)[C@@H]7O)[C@H]6O)C(C)(C)[C@H]5CC[C@]43C)[C@@H]2C1. The molecule has 8 rings (SSSR count). The topological polar surface area (TPSA) is 275 Å². The molecule has 0 aromatic carbocycles. The molecule has 17 heteroatoms. The number of fused-ring (bicyclic) bond motifs is 7. The summed E-state index contributed by atoms with van der Waals surface area (Å²) < 4.78 is 35.2. The molecule has 17 nitrogen and oxygen atoms in total. The third-order valence-corrected chi connectivity index (χ3v) is 18.6. The third-order valence-electron chi connectivity index (χ3n) is 18.6. The average molecular weight is 899 g/mol. The van der Waals surface area contributed by atoms with Gasteiger partial charge in [-0.25, -0.2) is 0 Å². The van der Waals surface area contributed by atoms with E-state index in [4.69, 9.17) is 28.4 Å². The number of carboxylic acid groups (broad SMARTS) is 1. The Balaban J connectivity index is 0.971. The van der Waals surface area contributed by atoms with Crippen LogP contribution in [0.2, 0.25) is 0 Å². The minimum Gasteiger partial charge on any atom is -0.481 e. The highest BCUT2D eigenvalue weighted by molar-refractivity contribution is 5.77. The van der Waals surface area contributed by atoms with Crippen LogP contribution in [-0.2, 0) is 33.2 Å². The molecule has 0 radical (unpaired) electrons. The van der Waals surface area contributed by atoms with E-state index in [1.54, 1.807) is 0 Å². The van der Waals surface area contributed by atoms with Crippen LogP contribution in [0, 0.1) is 50.2 Å². The number of ether oxygens (including phenoxy) is 6. The smallest absolute Gasteiger partial charge is 0.312 e. The Kier molecular flexibility index (Phi) is 12.7. The molecule has 0 spiro atoms. The summed E-state index contributed by atoms with van der Waals surface area (Å²) in [5.41, 5.74) is -1.20. The number of aliphatic carboxylic acids is 1. The fraction of sp³-hybridized carbons (Fsp3) is 0.935. The van der Waals surface area contributed by atoms with Crippen LogP contribution < -0.4 is 0 Å². The molecular weight excluding hydrogens is 824 g/mol. The molecule has 22 atom stereocenters. The number of hydrogen-bond acceptors (Lipinski definition) is 16. The van der Waals surface area contributed by atoms with E-state index in [0.29, 0.717) is 19.3 Å². The van der Waals surface area contributed by atoms with Gasteiger partial charge in [0, 0.05) is 0 Å². The maximum Gasteiger partial charge on any atom is 0.312 e. The molecule has 0 aromatic rings. The van der Waals surface area contributed by atoms with Crippen molar-refractivity contribution in [3.05, 3.63) is 11.6 Å². The molecular formula is C46H74O17. The number of carboxylic acids is 1. The first-order valence-corrected chi connectivity index (χ1v) is 23.2. The minimum atomic E-state index is -1.78. The van der Waals surface area contributed by atoms with Gasteiger partial charge in [-0.15, -0.1) is 0 Å². The lowest BCUT2D eigenvalue weighted by Crippen LogP contribution is -2.68. The van der Waals surface area contributed by atoms with Crippen molar-refractivity contribution in [3.63, 3.8) is 0 Å². The first-order chi connectivity index (χ1) is 29.4. The molecule has 10 N–H and O–H groups in total. The van der Waals surface area contributed by atoms with Gasteiger partial charge in [-0.3, -0.25) is 4.79 Å². The lowest BCUT2D eigenvalue weighted by atomic mass is 9.33. The van der Waals surface area contributed by atoms with E-state index >= 15 is 0 Å². The van der Waals surface area contributed by atoms with Crippen LogP contribution in [0.5, 0.6) is 0 Å². The largest absolute Gasteiger partial charge is 0.481 e. The number of carbonyl (C=O) groups is 1. The average Bonchev–Trinajstić information content (AvgIpc) is 3.20. The molecule has 5 aliphatic carbocycles. The monoisotopic (exact) mass is 898 g/mol. The van der Waals surface area contributed by atoms with Gasteiger partial charge in [0.2, 0.25) is 0 Å². The molecule has 3 aliphatic heterocycles. The highest BCUT2D eigenvalue weighted by Gasteiger charge is 2.71. The molecule has 0 unspecified atom stereocenters. The van der Waals surface area contributed by atoms with Crippen molar-refractivity contribution < 1.29 is 84.3 Å². The molecule has 360 valence electrons. The molecule has 3 heterocycles. The summed E-state index contributed by atoms with van der Waals surface area (Å²) in [5.74, 6) is -0.713. The van der Waals surface area contributed by atoms with Crippen LogP contribution in [0.3, 0.4) is 0 Å². The number of hydrogen-bond donors (Lipinski definition) is 10. The standard InChI is InChI=1S/C46H74O17/c1-41(2)14-15-46(40(56)57)22(16-41)21-8-9-27-43(5)12-11-29(42(3,4)26(43)10-13-44(27,6)45(21,7)17-28(46)49)62-39-35(55)36(32(52)24(18-47)60-39)63-38-34(54)31(51)25(20-59-38)61-37-33(53)30(50)23(48)19-58-37/h8,22-39,47-55H,9-20H2,1-7H3,(H,56,57)/t22-,23+,24-,25+,26+,27-,28+,29-,30-,31+,32+,33-,34-,35+,36-,37-,38+,39+,43-,44+,45+,46+/m0/s1. The van der Waals surface area contributed by atoms with E-state index < -0.39 is 121 Å². The first-order valence-electron chi connectivity index (χ1n) is 23.2. The lowest BCUT2D eigenvalue weighted by molar-refractivity contribution is -0.369. The number of allylic oxidation sites excluding steroid dienone is 2. The fourth-order valence-electron chi connectivity index (χ4n) is 14.7. The Hall–Kier alpha value is -1.39. The zero-order valence-corrected chi connectivity index (χ0v) is 37.8. The third kappa shape index (κ3) is 7.41. The van der Waals surface area contributed by atoms with E-state index in [9.17, 15) is 55.9 Å². The van der Waals surface area contributed by atoms with Crippen molar-refractivity contribution in [3.8, 4) is 0 Å².